The Balaban J connectivity index is 1.46. The summed E-state index contributed by atoms with van der Waals surface area (Å²) in [7, 11) is 0. The summed E-state index contributed by atoms with van der Waals surface area (Å²) in [5.41, 5.74) is 6.25. The van der Waals surface area contributed by atoms with Gasteiger partial charge < -0.3 is 4.74 Å². The van der Waals surface area contributed by atoms with E-state index in [4.69, 9.17) is 4.74 Å². The average molecular weight is 366 g/mol. The van der Waals surface area contributed by atoms with Gasteiger partial charge in [0.1, 0.15) is 18.0 Å². The third kappa shape index (κ3) is 3.14. The maximum absolute atomic E-state index is 5.98. The summed E-state index contributed by atoms with van der Waals surface area (Å²) in [6, 6.07) is 22.4. The number of nitrogens with zero attached hydrogens (tertiary/aromatic N) is 3. The molecule has 0 radical (unpaired) electrons. The Morgan fingerprint density at radius 3 is 2.64 bits per heavy atom. The first-order valence-electron chi connectivity index (χ1n) is 9.10. The van der Waals surface area contributed by atoms with E-state index in [1.807, 2.05) is 48.8 Å². The minimum absolute atomic E-state index is 0.551. The topological polar surface area (TPSA) is 55.2 Å². The molecule has 5 aromatic rings. The zero-order chi connectivity index (χ0) is 18.8. The summed E-state index contributed by atoms with van der Waals surface area (Å²) in [6.07, 6.45) is 7.63. The van der Waals surface area contributed by atoms with Crippen LogP contribution in [0.2, 0.25) is 0 Å². The molecule has 0 fully saturated rings. The Bertz CT molecular complexity index is 1210. The van der Waals surface area contributed by atoms with Crippen molar-refractivity contribution in [3.63, 3.8) is 0 Å². The first-order valence-corrected chi connectivity index (χ1v) is 9.10. The normalized spacial score (nSPS) is 11.0. The molecule has 3 heterocycles. The van der Waals surface area contributed by atoms with Crippen molar-refractivity contribution in [3.8, 4) is 28.1 Å². The number of ether oxygens (including phenoxy) is 1. The van der Waals surface area contributed by atoms with Crippen molar-refractivity contribution in [3.05, 3.63) is 97.1 Å². The number of imidazole rings is 1. The minimum atomic E-state index is 0.551. The van der Waals surface area contributed by atoms with Gasteiger partial charge in [-0.15, -0.1) is 0 Å². The highest BCUT2D eigenvalue weighted by Gasteiger charge is 2.09. The van der Waals surface area contributed by atoms with Crippen LogP contribution in [-0.2, 0) is 6.61 Å². The molecular formula is C23H18N4O. The lowest BCUT2D eigenvalue weighted by atomic mass is 10.1. The van der Waals surface area contributed by atoms with Crippen LogP contribution in [0.4, 0.5) is 0 Å². The molecule has 5 rings (SSSR count). The van der Waals surface area contributed by atoms with Crippen LogP contribution < -0.4 is 4.74 Å². The van der Waals surface area contributed by atoms with E-state index < -0.39 is 0 Å². The zero-order valence-electron chi connectivity index (χ0n) is 15.1. The molecule has 0 spiro atoms. The van der Waals surface area contributed by atoms with E-state index in [0.717, 1.165) is 39.3 Å². The third-order valence-electron chi connectivity index (χ3n) is 4.72. The fourth-order valence-electron chi connectivity index (χ4n) is 3.26. The number of nitrogens with one attached hydrogen (secondary N) is 1. The summed E-state index contributed by atoms with van der Waals surface area (Å²) in [6.45, 7) is 0.551. The van der Waals surface area contributed by atoms with E-state index in [2.05, 4.69) is 56.1 Å². The fraction of sp³-hybridized carbons (Fsp3) is 0.0435. The second-order valence-corrected chi connectivity index (χ2v) is 6.58. The molecular weight excluding hydrogens is 348 g/mol. The minimum Gasteiger partial charge on any atom is -0.489 e. The molecule has 5 heteroatoms. The van der Waals surface area contributed by atoms with Gasteiger partial charge in [-0.1, -0.05) is 42.5 Å². The van der Waals surface area contributed by atoms with E-state index >= 15 is 0 Å². The Morgan fingerprint density at radius 1 is 0.857 bits per heavy atom. The van der Waals surface area contributed by atoms with Crippen LogP contribution in [0.25, 0.3) is 28.0 Å². The lowest BCUT2D eigenvalue weighted by Crippen LogP contribution is -1.95. The van der Waals surface area contributed by atoms with Crippen LogP contribution in [0.5, 0.6) is 5.75 Å². The first kappa shape index (κ1) is 16.3. The monoisotopic (exact) mass is 366 g/mol. The van der Waals surface area contributed by atoms with E-state index in [0.29, 0.717) is 6.61 Å². The van der Waals surface area contributed by atoms with Crippen LogP contribution in [0, 0.1) is 0 Å². The molecule has 136 valence electrons. The fourth-order valence-corrected chi connectivity index (χ4v) is 3.26. The van der Waals surface area contributed by atoms with Crippen molar-refractivity contribution < 1.29 is 4.74 Å². The second-order valence-electron chi connectivity index (χ2n) is 6.58. The number of benzene rings is 2. The quantitative estimate of drug-likeness (QED) is 0.478. The summed E-state index contributed by atoms with van der Waals surface area (Å²) in [4.78, 5) is 4.49. The van der Waals surface area contributed by atoms with Crippen molar-refractivity contribution in [2.45, 2.75) is 6.61 Å². The Labute approximate surface area is 162 Å². The number of pyridine rings is 1. The van der Waals surface area contributed by atoms with Crippen LogP contribution in [0.15, 0.2) is 91.5 Å². The maximum Gasteiger partial charge on any atom is 0.137 e. The van der Waals surface area contributed by atoms with E-state index in [-0.39, 0.29) is 0 Å². The molecule has 1 N–H and O–H groups in total. The number of aromatic nitrogens is 4. The van der Waals surface area contributed by atoms with Gasteiger partial charge in [-0.05, 0) is 41.0 Å². The van der Waals surface area contributed by atoms with Crippen LogP contribution in [-0.4, -0.2) is 19.6 Å². The van der Waals surface area contributed by atoms with Crippen molar-refractivity contribution in [1.82, 2.24) is 19.6 Å². The van der Waals surface area contributed by atoms with E-state index in [9.17, 15) is 0 Å². The highest BCUT2D eigenvalue weighted by molar-refractivity contribution is 5.69. The van der Waals surface area contributed by atoms with E-state index in [1.54, 1.807) is 6.20 Å². The standard InChI is InChI=1S/C23H18N4O/c1-2-5-17(6-3-1)16-28-21-8-4-7-18(11-21)19-9-10-23-24-14-22(27(23)15-19)20-12-25-26-13-20/h1-15H,16H2,(H,25,26). The number of hydrogen-bond donors (Lipinski definition) is 1. The van der Waals surface area contributed by atoms with Crippen LogP contribution >= 0.6 is 0 Å². The predicted octanol–water partition coefficient (Wildman–Crippen LogP) is 4.97. The molecule has 0 aliphatic heterocycles. The Kier molecular flexibility index (Phi) is 4.10. The Hall–Kier alpha value is -3.86. The van der Waals surface area contributed by atoms with E-state index in [1.165, 1.54) is 0 Å². The first-order chi connectivity index (χ1) is 13.9. The molecule has 5 nitrogen and oxygen atoms in total. The van der Waals surface area contributed by atoms with Gasteiger partial charge >= 0.3 is 0 Å². The molecule has 0 aliphatic carbocycles. The van der Waals surface area contributed by atoms with Gasteiger partial charge in [0.15, 0.2) is 0 Å². The lowest BCUT2D eigenvalue weighted by Gasteiger charge is -2.09. The molecule has 3 aromatic heterocycles. The van der Waals surface area contributed by atoms with Gasteiger partial charge in [0, 0.05) is 18.0 Å². The number of hydrogen-bond acceptors (Lipinski definition) is 3. The van der Waals surface area contributed by atoms with Crippen molar-refractivity contribution in [2.24, 2.45) is 0 Å². The Morgan fingerprint density at radius 2 is 1.79 bits per heavy atom. The second kappa shape index (κ2) is 7.04. The lowest BCUT2D eigenvalue weighted by molar-refractivity contribution is 0.306. The van der Waals surface area contributed by atoms with Crippen molar-refractivity contribution >= 4 is 5.65 Å². The number of aromatic amines is 1. The third-order valence-corrected chi connectivity index (χ3v) is 4.72. The number of fused-ring (bicyclic) bond motifs is 1. The highest BCUT2D eigenvalue weighted by Crippen LogP contribution is 2.27. The number of rotatable bonds is 5. The summed E-state index contributed by atoms with van der Waals surface area (Å²) in [5, 5.41) is 6.90. The molecule has 0 atom stereocenters. The van der Waals surface area contributed by atoms with Gasteiger partial charge in [0.2, 0.25) is 0 Å². The van der Waals surface area contributed by atoms with Gasteiger partial charge in [-0.3, -0.25) is 9.50 Å². The number of H-pyrrole nitrogens is 1. The maximum atomic E-state index is 5.98. The summed E-state index contributed by atoms with van der Waals surface area (Å²) >= 11 is 0. The largest absolute Gasteiger partial charge is 0.489 e. The average Bonchev–Trinajstić information content (AvgIpc) is 3.42. The molecule has 28 heavy (non-hydrogen) atoms. The van der Waals surface area contributed by atoms with Gasteiger partial charge in [0.25, 0.3) is 0 Å². The molecule has 0 amide bonds. The zero-order valence-corrected chi connectivity index (χ0v) is 15.1. The molecule has 0 saturated heterocycles. The molecule has 0 aliphatic rings. The van der Waals surface area contributed by atoms with Crippen molar-refractivity contribution in [2.75, 3.05) is 0 Å². The molecule has 0 unspecified atom stereocenters. The molecule has 0 saturated carbocycles. The SMILES string of the molecule is c1ccc(COc2cccc(-c3ccc4ncc(-c5cn[nH]c5)n4c3)c2)cc1. The van der Waals surface area contributed by atoms with Crippen LogP contribution in [0.3, 0.4) is 0 Å². The van der Waals surface area contributed by atoms with Gasteiger partial charge in [-0.2, -0.15) is 5.10 Å². The van der Waals surface area contributed by atoms with Gasteiger partial charge in [0.05, 0.1) is 18.1 Å². The summed E-state index contributed by atoms with van der Waals surface area (Å²) < 4.78 is 8.06. The van der Waals surface area contributed by atoms with Crippen LogP contribution in [0.1, 0.15) is 5.56 Å². The predicted molar refractivity (Wildman–Crippen MR) is 109 cm³/mol. The van der Waals surface area contributed by atoms with Crippen molar-refractivity contribution in [1.29, 1.82) is 0 Å². The molecule has 0 bridgehead atoms. The highest BCUT2D eigenvalue weighted by atomic mass is 16.5. The van der Waals surface area contributed by atoms with Gasteiger partial charge in [-0.25, -0.2) is 4.98 Å². The smallest absolute Gasteiger partial charge is 0.137 e. The molecule has 2 aromatic carbocycles. The summed E-state index contributed by atoms with van der Waals surface area (Å²) in [5.74, 6) is 0.849.